The fraction of sp³-hybridized carbons (Fsp3) is 0.417. The third-order valence-corrected chi connectivity index (χ3v) is 5.68. The highest BCUT2D eigenvalue weighted by Crippen LogP contribution is 2.28. The van der Waals surface area contributed by atoms with Crippen LogP contribution in [0.5, 0.6) is 0 Å². The van der Waals surface area contributed by atoms with E-state index in [0.29, 0.717) is 13.0 Å². The second-order valence-corrected chi connectivity index (χ2v) is 7.49. The Kier molecular flexibility index (Phi) is 4.66. The Bertz CT molecular complexity index is 672. The van der Waals surface area contributed by atoms with E-state index in [0.717, 1.165) is 16.4 Å². The van der Waals surface area contributed by atoms with Gasteiger partial charge >= 0.3 is 5.97 Å². The number of hydrogen-bond donors (Lipinski definition) is 1. The van der Waals surface area contributed by atoms with Crippen molar-refractivity contribution >= 4 is 31.9 Å². The van der Waals surface area contributed by atoms with Crippen molar-refractivity contribution < 1.29 is 27.4 Å². The van der Waals surface area contributed by atoms with Crippen LogP contribution in [0.15, 0.2) is 21.5 Å². The fourth-order valence-electron chi connectivity index (χ4n) is 2.07. The third kappa shape index (κ3) is 3.10. The first-order valence-electron chi connectivity index (χ1n) is 6.03. The Labute approximate surface area is 129 Å². The minimum absolute atomic E-state index is 0.177. The highest BCUT2D eigenvalue weighted by Gasteiger charge is 2.34. The summed E-state index contributed by atoms with van der Waals surface area (Å²) in [6, 6.07) is 1.69. The lowest BCUT2D eigenvalue weighted by molar-refractivity contribution is 0.0691. The van der Waals surface area contributed by atoms with Crippen molar-refractivity contribution in [1.29, 1.82) is 0 Å². The number of aromatic carboxylic acids is 1. The monoisotopic (exact) mass is 381 g/mol. The van der Waals surface area contributed by atoms with Gasteiger partial charge in [0.15, 0.2) is 5.82 Å². The minimum Gasteiger partial charge on any atom is -0.478 e. The molecule has 1 aliphatic heterocycles. The van der Waals surface area contributed by atoms with Crippen molar-refractivity contribution in [3.05, 3.63) is 28.0 Å². The molecule has 1 aromatic carbocycles. The number of hydrogen-bond acceptors (Lipinski definition) is 4. The highest BCUT2D eigenvalue weighted by atomic mass is 79.9. The number of sulfonamides is 1. The third-order valence-electron chi connectivity index (χ3n) is 3.31. The van der Waals surface area contributed by atoms with Crippen molar-refractivity contribution in [2.24, 2.45) is 0 Å². The lowest BCUT2D eigenvalue weighted by Crippen LogP contribution is -2.37. The number of carboxylic acid groups (broad SMARTS) is 1. The van der Waals surface area contributed by atoms with Gasteiger partial charge in [0.05, 0.1) is 18.2 Å². The smallest absolute Gasteiger partial charge is 0.338 e. The van der Waals surface area contributed by atoms with E-state index in [2.05, 4.69) is 15.9 Å². The predicted molar refractivity (Wildman–Crippen MR) is 75.2 cm³/mol. The van der Waals surface area contributed by atoms with Crippen LogP contribution in [0.2, 0.25) is 0 Å². The van der Waals surface area contributed by atoms with Gasteiger partial charge in [-0.15, -0.1) is 0 Å². The molecule has 0 aromatic heterocycles. The summed E-state index contributed by atoms with van der Waals surface area (Å²) in [5.74, 6) is -2.80. The molecular formula is C12H13BrFNO5S. The summed E-state index contributed by atoms with van der Waals surface area (Å²) >= 11 is 3.00. The second-order valence-electron chi connectivity index (χ2n) is 4.61. The molecule has 6 nitrogen and oxygen atoms in total. The molecule has 9 heteroatoms. The minimum atomic E-state index is -4.15. The second kappa shape index (κ2) is 5.99. The summed E-state index contributed by atoms with van der Waals surface area (Å²) in [7, 11) is -2.82. The van der Waals surface area contributed by atoms with Gasteiger partial charge in [-0.2, -0.15) is 4.31 Å². The van der Waals surface area contributed by atoms with Crippen LogP contribution in [-0.4, -0.2) is 50.1 Å². The van der Waals surface area contributed by atoms with E-state index in [1.54, 1.807) is 0 Å². The average Bonchev–Trinajstić information content (AvgIpc) is 2.93. The molecule has 1 fully saturated rings. The lowest BCUT2D eigenvalue weighted by Gasteiger charge is -2.23. The van der Waals surface area contributed by atoms with Gasteiger partial charge in [0.1, 0.15) is 4.90 Å². The summed E-state index contributed by atoms with van der Waals surface area (Å²) in [6.07, 6.45) is 0.511. The highest BCUT2D eigenvalue weighted by molar-refractivity contribution is 9.10. The molecule has 1 heterocycles. The number of rotatable bonds is 4. The van der Waals surface area contributed by atoms with Gasteiger partial charge in [0.2, 0.25) is 10.0 Å². The molecular weight excluding hydrogens is 369 g/mol. The van der Waals surface area contributed by atoms with Gasteiger partial charge < -0.3 is 9.84 Å². The van der Waals surface area contributed by atoms with Crippen LogP contribution in [-0.2, 0) is 14.8 Å². The molecule has 0 radical (unpaired) electrons. The molecule has 0 spiro atoms. The zero-order chi connectivity index (χ0) is 15.8. The molecule has 1 aliphatic rings. The Hall–Kier alpha value is -1.03. The van der Waals surface area contributed by atoms with Gasteiger partial charge in [-0.25, -0.2) is 17.6 Å². The number of carbonyl (C=O) groups is 1. The van der Waals surface area contributed by atoms with Crippen molar-refractivity contribution in [3.63, 3.8) is 0 Å². The van der Waals surface area contributed by atoms with E-state index in [1.165, 1.54) is 7.05 Å². The first kappa shape index (κ1) is 16.3. The van der Waals surface area contributed by atoms with E-state index in [-0.39, 0.29) is 17.1 Å². The topological polar surface area (TPSA) is 83.9 Å². The Morgan fingerprint density at radius 3 is 2.71 bits per heavy atom. The number of benzene rings is 1. The molecule has 0 saturated carbocycles. The number of carboxylic acids is 1. The first-order valence-corrected chi connectivity index (χ1v) is 8.26. The van der Waals surface area contributed by atoms with E-state index in [9.17, 15) is 17.6 Å². The molecule has 21 heavy (non-hydrogen) atoms. The Balaban J connectivity index is 2.51. The van der Waals surface area contributed by atoms with Crippen LogP contribution in [0.25, 0.3) is 0 Å². The summed E-state index contributed by atoms with van der Waals surface area (Å²) in [4.78, 5) is 10.3. The summed E-state index contributed by atoms with van der Waals surface area (Å²) in [5, 5.41) is 8.94. The molecule has 1 N–H and O–H groups in total. The lowest BCUT2D eigenvalue weighted by atomic mass is 10.2. The normalized spacial score (nSPS) is 19.1. The number of nitrogens with zero attached hydrogens (tertiary/aromatic N) is 1. The molecule has 0 aliphatic carbocycles. The maximum absolute atomic E-state index is 14.2. The van der Waals surface area contributed by atoms with Crippen molar-refractivity contribution in [2.75, 3.05) is 20.3 Å². The number of halogens is 2. The summed E-state index contributed by atoms with van der Waals surface area (Å²) in [5.41, 5.74) is -0.695. The van der Waals surface area contributed by atoms with Crippen LogP contribution in [0.1, 0.15) is 16.8 Å². The molecule has 0 bridgehead atoms. The average molecular weight is 382 g/mol. The quantitative estimate of drug-likeness (QED) is 0.857. The molecule has 0 amide bonds. The van der Waals surface area contributed by atoms with Crippen LogP contribution >= 0.6 is 15.9 Å². The van der Waals surface area contributed by atoms with E-state index < -0.39 is 32.3 Å². The van der Waals surface area contributed by atoms with Crippen molar-refractivity contribution in [2.45, 2.75) is 17.4 Å². The van der Waals surface area contributed by atoms with Gasteiger partial charge in [0, 0.05) is 18.1 Å². The van der Waals surface area contributed by atoms with Gasteiger partial charge in [-0.05, 0) is 18.6 Å². The zero-order valence-corrected chi connectivity index (χ0v) is 13.4. The van der Waals surface area contributed by atoms with Crippen LogP contribution in [0.3, 0.4) is 0 Å². The van der Waals surface area contributed by atoms with Crippen LogP contribution in [0.4, 0.5) is 4.39 Å². The zero-order valence-electron chi connectivity index (χ0n) is 11.0. The Morgan fingerprint density at radius 2 is 2.19 bits per heavy atom. The van der Waals surface area contributed by atoms with Crippen molar-refractivity contribution in [1.82, 2.24) is 4.31 Å². The van der Waals surface area contributed by atoms with E-state index in [1.807, 2.05) is 0 Å². The Morgan fingerprint density at radius 1 is 1.52 bits per heavy atom. The van der Waals surface area contributed by atoms with Gasteiger partial charge in [-0.3, -0.25) is 0 Å². The maximum Gasteiger partial charge on any atom is 0.338 e. The molecule has 2 rings (SSSR count). The molecule has 116 valence electrons. The van der Waals surface area contributed by atoms with Gasteiger partial charge in [-0.1, -0.05) is 15.9 Å². The summed E-state index contributed by atoms with van der Waals surface area (Å²) in [6.45, 7) is 0.670. The van der Waals surface area contributed by atoms with E-state index in [4.69, 9.17) is 9.84 Å². The number of likely N-dealkylation sites (N-methyl/N-ethyl adjacent to an activating group) is 1. The number of ether oxygens (including phenoxy) is 1. The fourth-order valence-corrected chi connectivity index (χ4v) is 4.16. The molecule has 1 atom stereocenters. The first-order chi connectivity index (χ1) is 9.75. The van der Waals surface area contributed by atoms with E-state index >= 15 is 0 Å². The largest absolute Gasteiger partial charge is 0.478 e. The summed E-state index contributed by atoms with van der Waals surface area (Å²) < 4.78 is 45.5. The van der Waals surface area contributed by atoms with Crippen molar-refractivity contribution in [3.8, 4) is 0 Å². The standard InChI is InChI=1S/C12H13BrFNO5S/c1-15(8-2-3-20-6-8)21(18,19)10-5-7(13)4-9(11(10)14)12(16)17/h4-5,8H,2-3,6H2,1H3,(H,16,17). The van der Waals surface area contributed by atoms with Crippen LogP contribution < -0.4 is 0 Å². The SMILES string of the molecule is CN(C1CCOC1)S(=O)(=O)c1cc(Br)cc(C(=O)O)c1F. The molecule has 1 unspecified atom stereocenters. The molecule has 1 saturated heterocycles. The predicted octanol–water partition coefficient (Wildman–Crippen LogP) is 1.70. The van der Waals surface area contributed by atoms with Crippen LogP contribution in [0, 0.1) is 5.82 Å². The molecule has 1 aromatic rings. The maximum atomic E-state index is 14.2. The van der Waals surface area contributed by atoms with Gasteiger partial charge in [0.25, 0.3) is 0 Å².